The Balaban J connectivity index is 1.16. The van der Waals surface area contributed by atoms with Crippen molar-refractivity contribution in [2.45, 2.75) is 39.0 Å². The summed E-state index contributed by atoms with van der Waals surface area (Å²) < 4.78 is 0.597. The van der Waals surface area contributed by atoms with Gasteiger partial charge < -0.3 is 5.32 Å². The predicted octanol–water partition coefficient (Wildman–Crippen LogP) is 6.44. The fraction of sp³-hybridized carbons (Fsp3) is 0.259. The van der Waals surface area contributed by atoms with Gasteiger partial charge in [0, 0.05) is 30.5 Å². The Labute approximate surface area is 219 Å². The van der Waals surface area contributed by atoms with Gasteiger partial charge in [0.25, 0.3) is 5.91 Å². The molecule has 35 heavy (non-hydrogen) atoms. The number of thiazole rings is 1. The number of thioether (sulfide) groups is 1. The van der Waals surface area contributed by atoms with Crippen LogP contribution in [0.4, 0.5) is 5.13 Å². The van der Waals surface area contributed by atoms with Gasteiger partial charge in [-0.15, -0.1) is 11.3 Å². The molecule has 5 nitrogen and oxygen atoms in total. The van der Waals surface area contributed by atoms with Crippen molar-refractivity contribution in [1.82, 2.24) is 9.88 Å². The number of anilines is 1. The van der Waals surface area contributed by atoms with Crippen molar-refractivity contribution >= 4 is 62.7 Å². The van der Waals surface area contributed by atoms with Gasteiger partial charge >= 0.3 is 0 Å². The zero-order valence-corrected chi connectivity index (χ0v) is 22.0. The van der Waals surface area contributed by atoms with E-state index in [4.69, 9.17) is 12.2 Å². The first-order valence-corrected chi connectivity index (χ1v) is 13.6. The van der Waals surface area contributed by atoms with Crippen LogP contribution in [0, 0.1) is 6.92 Å². The van der Waals surface area contributed by atoms with E-state index in [1.54, 1.807) is 4.90 Å². The first-order chi connectivity index (χ1) is 17.0. The first-order valence-electron chi connectivity index (χ1n) is 11.6. The lowest BCUT2D eigenvalue weighted by Gasteiger charge is -2.14. The molecular formula is C27H27N3O2S3. The second-order valence-corrected chi connectivity index (χ2v) is 11.2. The minimum Gasteiger partial charge on any atom is -0.302 e. The highest BCUT2D eigenvalue weighted by atomic mass is 32.2. The topological polar surface area (TPSA) is 62.3 Å². The van der Waals surface area contributed by atoms with Gasteiger partial charge in [-0.05, 0) is 37.0 Å². The van der Waals surface area contributed by atoms with Crippen LogP contribution < -0.4 is 5.32 Å². The zero-order valence-electron chi connectivity index (χ0n) is 19.5. The Morgan fingerprint density at radius 3 is 2.74 bits per heavy atom. The molecule has 3 aromatic rings. The molecule has 8 heteroatoms. The van der Waals surface area contributed by atoms with Crippen LogP contribution >= 0.6 is 35.3 Å². The van der Waals surface area contributed by atoms with Crippen LogP contribution in [0.5, 0.6) is 0 Å². The lowest BCUT2D eigenvalue weighted by atomic mass is 10.1. The monoisotopic (exact) mass is 521 g/mol. The third-order valence-corrected chi connectivity index (χ3v) is 7.81. The SMILES string of the molecule is Cc1cccc(Cc2cnc(NC(=O)CCCCCN3C(=O)/C(=C/c4ccccc4)SC3=S)s2)c1. The average Bonchev–Trinajstić information content (AvgIpc) is 3.37. The van der Waals surface area contributed by atoms with Crippen molar-refractivity contribution in [3.05, 3.63) is 87.3 Å². The van der Waals surface area contributed by atoms with E-state index in [9.17, 15) is 9.59 Å². The summed E-state index contributed by atoms with van der Waals surface area (Å²) >= 11 is 8.27. The summed E-state index contributed by atoms with van der Waals surface area (Å²) in [6.45, 7) is 2.66. The molecule has 0 radical (unpaired) electrons. The van der Waals surface area contributed by atoms with Crippen LogP contribution in [-0.4, -0.2) is 32.6 Å². The largest absolute Gasteiger partial charge is 0.302 e. The van der Waals surface area contributed by atoms with Crippen molar-refractivity contribution in [1.29, 1.82) is 0 Å². The van der Waals surface area contributed by atoms with Crippen molar-refractivity contribution in [3.8, 4) is 0 Å². The van der Waals surface area contributed by atoms with Gasteiger partial charge in [-0.2, -0.15) is 0 Å². The molecule has 0 aliphatic carbocycles. The molecule has 1 saturated heterocycles. The smallest absolute Gasteiger partial charge is 0.266 e. The maximum absolute atomic E-state index is 12.7. The van der Waals surface area contributed by atoms with Crippen molar-refractivity contribution in [2.24, 2.45) is 0 Å². The van der Waals surface area contributed by atoms with E-state index < -0.39 is 0 Å². The quantitative estimate of drug-likeness (QED) is 0.189. The van der Waals surface area contributed by atoms with Crippen molar-refractivity contribution < 1.29 is 9.59 Å². The number of amides is 2. The summed E-state index contributed by atoms with van der Waals surface area (Å²) in [6.07, 6.45) is 7.36. The molecule has 2 amide bonds. The molecule has 0 atom stereocenters. The summed E-state index contributed by atoms with van der Waals surface area (Å²) in [5.41, 5.74) is 3.46. The fourth-order valence-electron chi connectivity index (χ4n) is 3.78. The fourth-order valence-corrected chi connectivity index (χ4v) is 5.95. The molecule has 1 aliphatic heterocycles. The molecule has 180 valence electrons. The highest BCUT2D eigenvalue weighted by molar-refractivity contribution is 8.26. The number of aryl methyl sites for hydroxylation is 1. The second kappa shape index (κ2) is 12.2. The highest BCUT2D eigenvalue weighted by Crippen LogP contribution is 2.32. The number of unbranched alkanes of at least 4 members (excludes halogenated alkanes) is 2. The summed E-state index contributed by atoms with van der Waals surface area (Å²) in [5, 5.41) is 3.55. The third-order valence-electron chi connectivity index (χ3n) is 5.52. The van der Waals surface area contributed by atoms with E-state index in [2.05, 4.69) is 41.5 Å². The number of nitrogens with one attached hydrogen (secondary N) is 1. The van der Waals surface area contributed by atoms with E-state index in [1.165, 1.54) is 34.2 Å². The average molecular weight is 522 g/mol. The van der Waals surface area contributed by atoms with Crippen LogP contribution in [0.1, 0.15) is 47.3 Å². The molecule has 1 aromatic heterocycles. The molecule has 0 saturated carbocycles. The van der Waals surface area contributed by atoms with E-state index >= 15 is 0 Å². The molecule has 0 spiro atoms. The maximum Gasteiger partial charge on any atom is 0.266 e. The molecule has 4 rings (SSSR count). The number of carbonyl (C=O) groups excluding carboxylic acids is 2. The van der Waals surface area contributed by atoms with Gasteiger partial charge in [-0.3, -0.25) is 14.5 Å². The van der Waals surface area contributed by atoms with E-state index in [0.29, 0.717) is 27.3 Å². The number of aromatic nitrogens is 1. The highest BCUT2D eigenvalue weighted by Gasteiger charge is 2.31. The predicted molar refractivity (Wildman–Crippen MR) is 150 cm³/mol. The Hall–Kier alpha value is -2.81. The first kappa shape index (κ1) is 25.3. The van der Waals surface area contributed by atoms with Crippen molar-refractivity contribution in [3.63, 3.8) is 0 Å². The van der Waals surface area contributed by atoms with Crippen molar-refractivity contribution in [2.75, 3.05) is 11.9 Å². The Bertz CT molecular complexity index is 1240. The van der Waals surface area contributed by atoms with Crippen LogP contribution in [0.3, 0.4) is 0 Å². The molecule has 1 aliphatic rings. The van der Waals surface area contributed by atoms with Gasteiger partial charge in [-0.25, -0.2) is 4.98 Å². The van der Waals surface area contributed by atoms with Gasteiger partial charge in [-0.1, -0.05) is 90.6 Å². The second-order valence-electron chi connectivity index (χ2n) is 8.40. The lowest BCUT2D eigenvalue weighted by molar-refractivity contribution is -0.122. The number of benzene rings is 2. The molecule has 1 fully saturated rings. The number of hydrogen-bond donors (Lipinski definition) is 1. The van der Waals surface area contributed by atoms with Crippen LogP contribution in [0.2, 0.25) is 0 Å². The van der Waals surface area contributed by atoms with E-state index in [0.717, 1.165) is 36.1 Å². The Morgan fingerprint density at radius 1 is 1.11 bits per heavy atom. The summed E-state index contributed by atoms with van der Waals surface area (Å²) in [6, 6.07) is 18.2. The number of rotatable bonds is 10. The summed E-state index contributed by atoms with van der Waals surface area (Å²) in [7, 11) is 0. The molecular weight excluding hydrogens is 495 g/mol. The number of thiocarbonyl (C=S) groups is 1. The minimum absolute atomic E-state index is 0.0298. The minimum atomic E-state index is -0.0353. The standard InChI is InChI=1S/C27H27N3O2S3/c1-19-9-8-12-21(15-19)16-22-18-28-26(34-22)29-24(31)13-6-3-7-14-30-25(32)23(35-27(30)33)17-20-10-4-2-5-11-20/h2,4-5,8-12,15,17-18H,3,6-7,13-14,16H2,1H3,(H,28,29,31)/b23-17-. The number of nitrogens with zero attached hydrogens (tertiary/aromatic N) is 2. The number of carbonyl (C=O) groups is 2. The lowest BCUT2D eigenvalue weighted by Crippen LogP contribution is -2.29. The molecule has 2 heterocycles. The molecule has 0 unspecified atom stereocenters. The maximum atomic E-state index is 12.7. The Morgan fingerprint density at radius 2 is 1.94 bits per heavy atom. The van der Waals surface area contributed by atoms with E-state index in [1.807, 2.05) is 42.6 Å². The molecule has 0 bridgehead atoms. The Kier molecular flexibility index (Phi) is 8.84. The van der Waals surface area contributed by atoms with Gasteiger partial charge in [0.1, 0.15) is 4.32 Å². The van der Waals surface area contributed by atoms with Crippen LogP contribution in [0.25, 0.3) is 6.08 Å². The molecule has 1 N–H and O–H groups in total. The summed E-state index contributed by atoms with van der Waals surface area (Å²) in [4.78, 5) is 32.8. The van der Waals surface area contributed by atoms with E-state index in [-0.39, 0.29) is 11.8 Å². The van der Waals surface area contributed by atoms with Gasteiger partial charge in [0.05, 0.1) is 4.91 Å². The van der Waals surface area contributed by atoms with Gasteiger partial charge in [0.15, 0.2) is 5.13 Å². The van der Waals surface area contributed by atoms with Crippen LogP contribution in [-0.2, 0) is 16.0 Å². The zero-order chi connectivity index (χ0) is 24.6. The summed E-state index contributed by atoms with van der Waals surface area (Å²) in [5.74, 6) is -0.0651. The normalized spacial score (nSPS) is 14.7. The van der Waals surface area contributed by atoms with Crippen LogP contribution in [0.15, 0.2) is 65.7 Å². The molecule has 2 aromatic carbocycles. The van der Waals surface area contributed by atoms with Gasteiger partial charge in [0.2, 0.25) is 5.91 Å². The third kappa shape index (κ3) is 7.34. The number of hydrogen-bond acceptors (Lipinski definition) is 6.